The normalized spacial score (nSPS) is 13.5. The summed E-state index contributed by atoms with van der Waals surface area (Å²) in [6.07, 6.45) is 0.778. The van der Waals surface area contributed by atoms with Crippen LogP contribution in [0.4, 0.5) is 5.69 Å². The molecule has 15 heavy (non-hydrogen) atoms. The van der Waals surface area contributed by atoms with Gasteiger partial charge in [0.25, 0.3) is 0 Å². The van der Waals surface area contributed by atoms with Gasteiger partial charge in [0.05, 0.1) is 0 Å². The van der Waals surface area contributed by atoms with Crippen molar-refractivity contribution < 1.29 is 9.59 Å². The number of carbonyl (C=O) groups is 2. The molecule has 2 rings (SSSR count). The van der Waals surface area contributed by atoms with Crippen molar-refractivity contribution in [3.05, 3.63) is 29.8 Å². The number of nitrogens with two attached hydrogens (primary N) is 1. The number of benzene rings is 1. The SMILES string of the molecule is NNC(=O)C(=O)N1CCc2ccccc21. The Morgan fingerprint density at radius 2 is 2.07 bits per heavy atom. The van der Waals surface area contributed by atoms with Crippen LogP contribution in [0.5, 0.6) is 0 Å². The van der Waals surface area contributed by atoms with Crippen molar-refractivity contribution in [2.45, 2.75) is 6.42 Å². The maximum absolute atomic E-state index is 11.6. The number of carbonyl (C=O) groups excluding carboxylic acids is 2. The van der Waals surface area contributed by atoms with Gasteiger partial charge >= 0.3 is 11.8 Å². The second-order valence-electron chi connectivity index (χ2n) is 3.31. The molecule has 2 amide bonds. The van der Waals surface area contributed by atoms with Gasteiger partial charge < -0.3 is 4.90 Å². The van der Waals surface area contributed by atoms with Crippen LogP contribution >= 0.6 is 0 Å². The van der Waals surface area contributed by atoms with E-state index in [4.69, 9.17) is 5.84 Å². The van der Waals surface area contributed by atoms with Crippen LogP contribution in [0.25, 0.3) is 0 Å². The van der Waals surface area contributed by atoms with Gasteiger partial charge in [-0.15, -0.1) is 0 Å². The Balaban J connectivity index is 2.28. The van der Waals surface area contributed by atoms with Crippen LogP contribution in [0, 0.1) is 0 Å². The number of nitrogens with zero attached hydrogens (tertiary/aromatic N) is 1. The predicted octanol–water partition coefficient (Wildman–Crippen LogP) is -0.434. The molecule has 0 unspecified atom stereocenters. The molecule has 1 aromatic rings. The minimum absolute atomic E-state index is 0.533. The topological polar surface area (TPSA) is 75.4 Å². The van der Waals surface area contributed by atoms with E-state index in [1.165, 1.54) is 4.90 Å². The fourth-order valence-corrected chi connectivity index (χ4v) is 1.73. The molecule has 1 heterocycles. The zero-order valence-corrected chi connectivity index (χ0v) is 8.06. The van der Waals surface area contributed by atoms with Gasteiger partial charge in [-0.3, -0.25) is 15.0 Å². The fourth-order valence-electron chi connectivity index (χ4n) is 1.73. The highest BCUT2D eigenvalue weighted by Crippen LogP contribution is 2.27. The number of para-hydroxylation sites is 1. The largest absolute Gasteiger partial charge is 0.323 e. The van der Waals surface area contributed by atoms with Gasteiger partial charge in [0.15, 0.2) is 0 Å². The average molecular weight is 205 g/mol. The molecule has 3 N–H and O–H groups in total. The van der Waals surface area contributed by atoms with Crippen LogP contribution in [0.1, 0.15) is 5.56 Å². The number of anilines is 1. The Hall–Kier alpha value is -1.88. The van der Waals surface area contributed by atoms with E-state index in [1.807, 2.05) is 29.7 Å². The Bertz CT molecular complexity index is 417. The molecule has 5 heteroatoms. The molecular weight excluding hydrogens is 194 g/mol. The van der Waals surface area contributed by atoms with E-state index in [0.717, 1.165) is 17.7 Å². The summed E-state index contributed by atoms with van der Waals surface area (Å²) in [5.74, 6) is 3.52. The maximum atomic E-state index is 11.6. The van der Waals surface area contributed by atoms with Gasteiger partial charge in [0.1, 0.15) is 0 Å². The molecule has 0 saturated heterocycles. The number of hydrogen-bond acceptors (Lipinski definition) is 3. The van der Waals surface area contributed by atoms with Gasteiger partial charge in [-0.1, -0.05) is 18.2 Å². The lowest BCUT2D eigenvalue weighted by Gasteiger charge is -2.15. The zero-order valence-electron chi connectivity index (χ0n) is 8.06. The maximum Gasteiger partial charge on any atom is 0.323 e. The fraction of sp³-hybridized carbons (Fsp3) is 0.200. The van der Waals surface area contributed by atoms with E-state index in [9.17, 15) is 9.59 Å². The standard InChI is InChI=1S/C10H11N3O2/c11-12-9(14)10(15)13-6-5-7-3-1-2-4-8(7)13/h1-4H,5-6,11H2,(H,12,14). The second kappa shape index (κ2) is 3.70. The molecule has 0 fully saturated rings. The number of hydrazine groups is 1. The molecule has 78 valence electrons. The van der Waals surface area contributed by atoms with Crippen LogP contribution in [-0.4, -0.2) is 18.4 Å². The van der Waals surface area contributed by atoms with Crippen molar-refractivity contribution in [2.75, 3.05) is 11.4 Å². The summed E-state index contributed by atoms with van der Waals surface area (Å²) in [5.41, 5.74) is 3.72. The molecule has 0 aromatic heterocycles. The first-order valence-corrected chi connectivity index (χ1v) is 4.64. The molecule has 5 nitrogen and oxygen atoms in total. The van der Waals surface area contributed by atoms with Gasteiger partial charge in [-0.2, -0.15) is 0 Å². The lowest BCUT2D eigenvalue weighted by atomic mass is 10.2. The van der Waals surface area contributed by atoms with Crippen molar-refractivity contribution in [2.24, 2.45) is 5.84 Å². The highest BCUT2D eigenvalue weighted by molar-refractivity contribution is 6.40. The van der Waals surface area contributed by atoms with E-state index in [2.05, 4.69) is 0 Å². The zero-order chi connectivity index (χ0) is 10.8. The van der Waals surface area contributed by atoms with Gasteiger partial charge in [-0.25, -0.2) is 5.84 Å². The monoisotopic (exact) mass is 205 g/mol. The van der Waals surface area contributed by atoms with E-state index < -0.39 is 11.8 Å². The van der Waals surface area contributed by atoms with Crippen LogP contribution in [-0.2, 0) is 16.0 Å². The van der Waals surface area contributed by atoms with Crippen molar-refractivity contribution in [3.63, 3.8) is 0 Å². The highest BCUT2D eigenvalue weighted by Gasteiger charge is 2.28. The number of nitrogens with one attached hydrogen (secondary N) is 1. The van der Waals surface area contributed by atoms with Gasteiger partial charge in [-0.05, 0) is 18.1 Å². The Morgan fingerprint density at radius 3 is 2.80 bits per heavy atom. The molecular formula is C10H11N3O2. The summed E-state index contributed by atoms with van der Waals surface area (Å²) in [6.45, 7) is 0.533. The number of fused-ring (bicyclic) bond motifs is 1. The van der Waals surface area contributed by atoms with E-state index in [1.54, 1.807) is 0 Å². The first kappa shape index (κ1) is 9.67. The third kappa shape index (κ3) is 1.57. The quantitative estimate of drug-likeness (QED) is 0.261. The van der Waals surface area contributed by atoms with Crippen LogP contribution in [0.15, 0.2) is 24.3 Å². The predicted molar refractivity (Wildman–Crippen MR) is 54.8 cm³/mol. The second-order valence-corrected chi connectivity index (χ2v) is 3.31. The van der Waals surface area contributed by atoms with Crippen LogP contribution < -0.4 is 16.2 Å². The first-order valence-electron chi connectivity index (χ1n) is 4.64. The number of amides is 2. The third-order valence-corrected chi connectivity index (χ3v) is 2.46. The third-order valence-electron chi connectivity index (χ3n) is 2.46. The summed E-state index contributed by atoms with van der Waals surface area (Å²) in [5, 5.41) is 0. The first-order chi connectivity index (χ1) is 7.24. The lowest BCUT2D eigenvalue weighted by molar-refractivity contribution is -0.137. The van der Waals surface area contributed by atoms with Gasteiger partial charge in [0, 0.05) is 12.2 Å². The Morgan fingerprint density at radius 1 is 1.33 bits per heavy atom. The van der Waals surface area contributed by atoms with Crippen LogP contribution in [0.2, 0.25) is 0 Å². The van der Waals surface area contributed by atoms with Crippen LogP contribution in [0.3, 0.4) is 0 Å². The summed E-state index contributed by atoms with van der Waals surface area (Å²) in [4.78, 5) is 24.1. The minimum Gasteiger partial charge on any atom is -0.304 e. The minimum atomic E-state index is -0.785. The van der Waals surface area contributed by atoms with Crippen molar-refractivity contribution in [1.29, 1.82) is 0 Å². The smallest absolute Gasteiger partial charge is 0.304 e. The molecule has 0 radical (unpaired) electrons. The van der Waals surface area contributed by atoms with Gasteiger partial charge in [0.2, 0.25) is 0 Å². The number of rotatable bonds is 0. The summed E-state index contributed by atoms with van der Waals surface area (Å²) in [6, 6.07) is 7.52. The molecule has 1 aliphatic rings. The average Bonchev–Trinajstić information content (AvgIpc) is 2.70. The molecule has 0 bridgehead atoms. The Labute approximate surface area is 86.8 Å². The molecule has 0 aliphatic carbocycles. The molecule has 1 aliphatic heterocycles. The molecule has 0 spiro atoms. The Kier molecular flexibility index (Phi) is 2.39. The van der Waals surface area contributed by atoms with E-state index in [0.29, 0.717) is 6.54 Å². The molecule has 0 atom stereocenters. The van der Waals surface area contributed by atoms with E-state index >= 15 is 0 Å². The summed E-state index contributed by atoms with van der Waals surface area (Å²) < 4.78 is 0. The lowest BCUT2D eigenvalue weighted by Crippen LogP contribution is -2.45. The van der Waals surface area contributed by atoms with Crippen molar-refractivity contribution in [1.82, 2.24) is 5.43 Å². The summed E-state index contributed by atoms with van der Waals surface area (Å²) >= 11 is 0. The number of hydrogen-bond donors (Lipinski definition) is 2. The highest BCUT2D eigenvalue weighted by atomic mass is 16.2. The molecule has 1 aromatic carbocycles. The summed E-state index contributed by atoms with van der Waals surface area (Å²) in [7, 11) is 0. The van der Waals surface area contributed by atoms with E-state index in [-0.39, 0.29) is 0 Å². The molecule has 0 saturated carbocycles. The van der Waals surface area contributed by atoms with Crippen molar-refractivity contribution >= 4 is 17.5 Å². The van der Waals surface area contributed by atoms with Crippen molar-refractivity contribution in [3.8, 4) is 0 Å².